The summed E-state index contributed by atoms with van der Waals surface area (Å²) in [7, 11) is 1.53. The van der Waals surface area contributed by atoms with Gasteiger partial charge in [-0.05, 0) is 42.5 Å². The summed E-state index contributed by atoms with van der Waals surface area (Å²) < 4.78 is 11.1. The third-order valence-corrected chi connectivity index (χ3v) is 4.03. The van der Waals surface area contributed by atoms with Gasteiger partial charge in [-0.3, -0.25) is 0 Å². The molecule has 2 aromatic carbocycles. The van der Waals surface area contributed by atoms with Crippen LogP contribution < -0.4 is 10.1 Å². The van der Waals surface area contributed by atoms with Crippen molar-refractivity contribution in [2.45, 2.75) is 6.54 Å². The highest BCUT2D eigenvalue weighted by molar-refractivity contribution is 6.33. The van der Waals surface area contributed by atoms with Gasteiger partial charge in [0, 0.05) is 5.56 Å². The number of carboxylic acids is 1. The monoisotopic (exact) mass is 357 g/mol. The predicted molar refractivity (Wildman–Crippen MR) is 96.4 cm³/mol. The number of benzene rings is 2. The van der Waals surface area contributed by atoms with Gasteiger partial charge in [-0.1, -0.05) is 23.7 Å². The van der Waals surface area contributed by atoms with Gasteiger partial charge in [0.2, 0.25) is 0 Å². The fourth-order valence-corrected chi connectivity index (χ4v) is 2.67. The largest absolute Gasteiger partial charge is 0.495 e. The van der Waals surface area contributed by atoms with E-state index in [0.717, 1.165) is 5.56 Å². The van der Waals surface area contributed by atoms with E-state index in [1.54, 1.807) is 12.1 Å². The second kappa shape index (κ2) is 7.32. The second-order valence-corrected chi connectivity index (χ2v) is 5.73. The lowest BCUT2D eigenvalue weighted by Crippen LogP contribution is -2.03. The van der Waals surface area contributed by atoms with Crippen LogP contribution in [0.5, 0.6) is 5.75 Å². The van der Waals surface area contributed by atoms with Crippen LogP contribution in [0.15, 0.2) is 59.0 Å². The number of aromatic carboxylic acids is 1. The summed E-state index contributed by atoms with van der Waals surface area (Å²) in [5, 5.41) is 12.9. The molecule has 0 fully saturated rings. The normalized spacial score (nSPS) is 10.5. The molecule has 0 aliphatic heterocycles. The first-order valence-electron chi connectivity index (χ1n) is 7.57. The van der Waals surface area contributed by atoms with Gasteiger partial charge in [-0.2, -0.15) is 0 Å². The van der Waals surface area contributed by atoms with E-state index in [0.29, 0.717) is 34.5 Å². The van der Waals surface area contributed by atoms with E-state index in [1.807, 2.05) is 30.3 Å². The maximum absolute atomic E-state index is 11.1. The minimum absolute atomic E-state index is 0.180. The van der Waals surface area contributed by atoms with Crippen LogP contribution in [0.2, 0.25) is 5.02 Å². The number of carbonyl (C=O) groups is 1. The molecule has 0 atom stereocenters. The van der Waals surface area contributed by atoms with E-state index in [-0.39, 0.29) is 5.56 Å². The molecule has 5 nitrogen and oxygen atoms in total. The van der Waals surface area contributed by atoms with Crippen molar-refractivity contribution in [3.8, 4) is 17.1 Å². The molecule has 6 heteroatoms. The maximum atomic E-state index is 11.1. The first-order valence-corrected chi connectivity index (χ1v) is 7.95. The average molecular weight is 358 g/mol. The Morgan fingerprint density at radius 3 is 2.72 bits per heavy atom. The molecule has 1 heterocycles. The lowest BCUT2D eigenvalue weighted by Gasteiger charge is -2.11. The molecule has 0 radical (unpaired) electrons. The van der Waals surface area contributed by atoms with Crippen LogP contribution in [0.25, 0.3) is 11.3 Å². The summed E-state index contributed by atoms with van der Waals surface area (Å²) in [5.74, 6) is 0.930. The van der Waals surface area contributed by atoms with Crippen molar-refractivity contribution in [3.63, 3.8) is 0 Å². The van der Waals surface area contributed by atoms with Crippen molar-refractivity contribution in [2.24, 2.45) is 0 Å². The van der Waals surface area contributed by atoms with Crippen LogP contribution in [-0.4, -0.2) is 18.2 Å². The van der Waals surface area contributed by atoms with E-state index in [2.05, 4.69) is 5.32 Å². The van der Waals surface area contributed by atoms with Gasteiger partial charge < -0.3 is 19.6 Å². The van der Waals surface area contributed by atoms with Crippen LogP contribution in [0.4, 0.5) is 5.69 Å². The Bertz CT molecular complexity index is 904. The van der Waals surface area contributed by atoms with E-state index in [4.69, 9.17) is 25.9 Å². The van der Waals surface area contributed by atoms with Gasteiger partial charge in [0.1, 0.15) is 17.3 Å². The SMILES string of the molecule is COc1ccc(C(=O)O)cc1NCc1ccc(-c2ccccc2Cl)o1. The zero-order valence-corrected chi connectivity index (χ0v) is 14.2. The Kier molecular flexibility index (Phi) is 4.95. The van der Waals surface area contributed by atoms with E-state index < -0.39 is 5.97 Å². The van der Waals surface area contributed by atoms with Crippen LogP contribution in [-0.2, 0) is 6.54 Å². The number of nitrogens with one attached hydrogen (secondary N) is 1. The maximum Gasteiger partial charge on any atom is 0.335 e. The van der Waals surface area contributed by atoms with Crippen molar-refractivity contribution in [1.82, 2.24) is 0 Å². The number of halogens is 1. The molecule has 0 spiro atoms. The molecule has 0 amide bonds. The number of carboxylic acid groups (broad SMARTS) is 1. The zero-order valence-electron chi connectivity index (χ0n) is 13.5. The van der Waals surface area contributed by atoms with Crippen LogP contribution in [0.1, 0.15) is 16.1 Å². The van der Waals surface area contributed by atoms with Crippen molar-refractivity contribution >= 4 is 23.3 Å². The van der Waals surface area contributed by atoms with Crippen molar-refractivity contribution in [2.75, 3.05) is 12.4 Å². The molecule has 128 valence electrons. The second-order valence-electron chi connectivity index (χ2n) is 5.32. The molecule has 0 bridgehead atoms. The minimum atomic E-state index is -0.996. The number of methoxy groups -OCH3 is 1. The molecular formula is C19H16ClNO4. The molecule has 0 aliphatic rings. The molecule has 3 aromatic rings. The summed E-state index contributed by atoms with van der Waals surface area (Å²) in [6.45, 7) is 0.379. The Morgan fingerprint density at radius 2 is 2.00 bits per heavy atom. The Balaban J connectivity index is 1.78. The van der Waals surface area contributed by atoms with E-state index in [9.17, 15) is 4.79 Å². The predicted octanol–water partition coefficient (Wildman–Crippen LogP) is 4.92. The quantitative estimate of drug-likeness (QED) is 0.655. The Hall–Kier alpha value is -2.92. The van der Waals surface area contributed by atoms with Crippen molar-refractivity contribution < 1.29 is 19.1 Å². The molecule has 0 saturated carbocycles. The molecule has 3 rings (SSSR count). The number of ether oxygens (including phenoxy) is 1. The summed E-state index contributed by atoms with van der Waals surface area (Å²) in [6, 6.07) is 15.8. The highest BCUT2D eigenvalue weighted by atomic mass is 35.5. The van der Waals surface area contributed by atoms with Gasteiger partial charge in [-0.15, -0.1) is 0 Å². The van der Waals surface area contributed by atoms with Gasteiger partial charge in [0.25, 0.3) is 0 Å². The van der Waals surface area contributed by atoms with Crippen molar-refractivity contribution in [3.05, 3.63) is 70.9 Å². The molecule has 0 unspecified atom stereocenters. The first-order chi connectivity index (χ1) is 12.1. The minimum Gasteiger partial charge on any atom is -0.495 e. The van der Waals surface area contributed by atoms with Gasteiger partial charge >= 0.3 is 5.97 Å². The van der Waals surface area contributed by atoms with Gasteiger partial charge in [-0.25, -0.2) is 4.79 Å². The topological polar surface area (TPSA) is 71.7 Å². The number of anilines is 1. The highest BCUT2D eigenvalue weighted by Crippen LogP contribution is 2.30. The third kappa shape index (κ3) is 3.78. The first kappa shape index (κ1) is 16.9. The average Bonchev–Trinajstić information content (AvgIpc) is 3.08. The summed E-state index contributed by atoms with van der Waals surface area (Å²) >= 11 is 6.18. The van der Waals surface area contributed by atoms with E-state index >= 15 is 0 Å². The van der Waals surface area contributed by atoms with Gasteiger partial charge in [0.15, 0.2) is 0 Å². The van der Waals surface area contributed by atoms with Crippen molar-refractivity contribution in [1.29, 1.82) is 0 Å². The highest BCUT2D eigenvalue weighted by Gasteiger charge is 2.11. The molecular weight excluding hydrogens is 342 g/mol. The molecule has 25 heavy (non-hydrogen) atoms. The Labute approximate surface area is 149 Å². The lowest BCUT2D eigenvalue weighted by atomic mass is 10.2. The number of hydrogen-bond acceptors (Lipinski definition) is 4. The summed E-state index contributed by atoms with van der Waals surface area (Å²) in [5.41, 5.74) is 1.58. The number of furan rings is 1. The van der Waals surface area contributed by atoms with Gasteiger partial charge in [0.05, 0.1) is 29.9 Å². The number of hydrogen-bond donors (Lipinski definition) is 2. The zero-order chi connectivity index (χ0) is 17.8. The molecule has 0 aliphatic carbocycles. The lowest BCUT2D eigenvalue weighted by molar-refractivity contribution is 0.0697. The Morgan fingerprint density at radius 1 is 1.20 bits per heavy atom. The fraction of sp³-hybridized carbons (Fsp3) is 0.105. The molecule has 0 saturated heterocycles. The summed E-state index contributed by atoms with van der Waals surface area (Å²) in [4.78, 5) is 11.1. The molecule has 2 N–H and O–H groups in total. The summed E-state index contributed by atoms with van der Waals surface area (Å²) in [6.07, 6.45) is 0. The smallest absolute Gasteiger partial charge is 0.335 e. The molecule has 1 aromatic heterocycles. The standard InChI is InChI=1S/C19H16ClNO4/c1-24-18-8-6-12(19(22)23)10-16(18)21-11-13-7-9-17(25-13)14-4-2-3-5-15(14)20/h2-10,21H,11H2,1H3,(H,22,23). The third-order valence-electron chi connectivity index (χ3n) is 3.70. The van der Waals surface area contributed by atoms with Crippen LogP contribution >= 0.6 is 11.6 Å². The van der Waals surface area contributed by atoms with Crippen LogP contribution in [0.3, 0.4) is 0 Å². The fourth-order valence-electron chi connectivity index (χ4n) is 2.44. The van der Waals surface area contributed by atoms with Crippen LogP contribution in [0, 0.1) is 0 Å². The number of rotatable bonds is 6. The van der Waals surface area contributed by atoms with E-state index in [1.165, 1.54) is 19.2 Å².